The number of hydrogen-bond donors (Lipinski definition) is 4. The van der Waals surface area contributed by atoms with E-state index in [0.29, 0.717) is 5.56 Å². The molecular formula is C22H16F3NO9. The first-order valence-corrected chi connectivity index (χ1v) is 9.20. The van der Waals surface area contributed by atoms with E-state index >= 15 is 0 Å². The van der Waals surface area contributed by atoms with E-state index in [1.165, 1.54) is 12.1 Å². The van der Waals surface area contributed by atoms with Gasteiger partial charge in [-0.2, -0.15) is 13.2 Å². The largest absolute Gasteiger partial charge is 0.490 e. The molecule has 0 unspecified atom stereocenters. The van der Waals surface area contributed by atoms with Crippen LogP contribution in [0.4, 0.5) is 13.2 Å². The van der Waals surface area contributed by atoms with Gasteiger partial charge in [0.05, 0.1) is 0 Å². The monoisotopic (exact) mass is 495 g/mol. The number of alkyl halides is 3. The fraction of sp³-hybridized carbons (Fsp3) is 0.0909. The van der Waals surface area contributed by atoms with Crippen molar-refractivity contribution in [2.45, 2.75) is 12.7 Å². The van der Waals surface area contributed by atoms with E-state index in [0.717, 1.165) is 23.8 Å². The van der Waals surface area contributed by atoms with Crippen LogP contribution in [0, 0.1) is 0 Å². The minimum absolute atomic E-state index is 0.0668. The lowest BCUT2D eigenvalue weighted by Crippen LogP contribution is -2.22. The number of carboxylic acid groups (broad SMARTS) is 3. The normalized spacial score (nSPS) is 10.7. The molecule has 5 N–H and O–H groups in total. The molecule has 0 atom stereocenters. The van der Waals surface area contributed by atoms with Crippen molar-refractivity contribution >= 4 is 41.3 Å². The van der Waals surface area contributed by atoms with Crippen LogP contribution >= 0.6 is 0 Å². The van der Waals surface area contributed by atoms with Gasteiger partial charge in [0, 0.05) is 23.2 Å². The molecule has 0 amide bonds. The quantitative estimate of drug-likeness (QED) is 0.240. The Kier molecular flexibility index (Phi) is 9.73. The summed E-state index contributed by atoms with van der Waals surface area (Å²) in [4.78, 5) is 67.2. The first-order chi connectivity index (χ1) is 16.2. The average Bonchev–Trinajstić information content (AvgIpc) is 2.80. The van der Waals surface area contributed by atoms with E-state index in [1.807, 2.05) is 0 Å². The molecule has 10 nitrogen and oxygen atoms in total. The molecule has 0 saturated heterocycles. The highest BCUT2D eigenvalue weighted by molar-refractivity contribution is 6.47. The lowest BCUT2D eigenvalue weighted by Gasteiger charge is -2.08. The number of carbonyl (C=O) groups excluding carboxylic acids is 3. The minimum Gasteiger partial charge on any atom is -0.475 e. The van der Waals surface area contributed by atoms with Crippen molar-refractivity contribution in [3.8, 4) is 0 Å². The van der Waals surface area contributed by atoms with Crippen molar-refractivity contribution in [1.29, 1.82) is 0 Å². The molecule has 0 radical (unpaired) electrons. The average molecular weight is 495 g/mol. The van der Waals surface area contributed by atoms with E-state index < -0.39 is 52.6 Å². The van der Waals surface area contributed by atoms with Crippen molar-refractivity contribution in [2.75, 3.05) is 0 Å². The molecule has 0 bridgehead atoms. The number of allylic oxidation sites excluding steroid dienone is 1. The highest BCUT2D eigenvalue weighted by Gasteiger charge is 2.38. The van der Waals surface area contributed by atoms with Crippen LogP contribution in [0.5, 0.6) is 0 Å². The number of ketones is 3. The number of hydrogen-bond acceptors (Lipinski definition) is 7. The molecule has 0 saturated carbocycles. The predicted molar refractivity (Wildman–Crippen MR) is 112 cm³/mol. The SMILES string of the molecule is NCc1cccc(C(=O)C=Cc2cccc(C(=O)C(=O)O)c2C(=O)C(=O)O)c1.O=C(O)C(F)(F)F. The van der Waals surface area contributed by atoms with Gasteiger partial charge in [0.25, 0.3) is 11.6 Å². The summed E-state index contributed by atoms with van der Waals surface area (Å²) in [6, 6.07) is 10.2. The number of Topliss-reactive ketones (excluding diaryl/α,β-unsaturated/α-hetero) is 2. The van der Waals surface area contributed by atoms with Crippen LogP contribution in [0.25, 0.3) is 6.08 Å². The molecule has 0 aromatic heterocycles. The molecule has 0 aliphatic carbocycles. The molecule has 13 heteroatoms. The lowest BCUT2D eigenvalue weighted by molar-refractivity contribution is -0.192. The van der Waals surface area contributed by atoms with Gasteiger partial charge in [-0.15, -0.1) is 0 Å². The topological polar surface area (TPSA) is 189 Å². The van der Waals surface area contributed by atoms with Gasteiger partial charge in [0.2, 0.25) is 0 Å². The summed E-state index contributed by atoms with van der Waals surface area (Å²) in [5.74, 6) is -9.78. The summed E-state index contributed by atoms with van der Waals surface area (Å²) in [5, 5.41) is 25.0. The molecule has 0 fully saturated rings. The Hall–Kier alpha value is -4.65. The van der Waals surface area contributed by atoms with E-state index in [2.05, 4.69) is 0 Å². The number of benzene rings is 2. The van der Waals surface area contributed by atoms with Gasteiger partial charge in [-0.25, -0.2) is 14.4 Å². The van der Waals surface area contributed by atoms with Gasteiger partial charge in [-0.05, 0) is 29.3 Å². The third-order valence-electron chi connectivity index (χ3n) is 4.06. The third-order valence-corrected chi connectivity index (χ3v) is 4.06. The fourth-order valence-electron chi connectivity index (χ4n) is 2.49. The zero-order valence-corrected chi connectivity index (χ0v) is 17.4. The number of rotatable bonds is 8. The van der Waals surface area contributed by atoms with Crippen molar-refractivity contribution in [2.24, 2.45) is 5.73 Å². The Morgan fingerprint density at radius 1 is 0.857 bits per heavy atom. The maximum Gasteiger partial charge on any atom is 0.490 e. The molecule has 0 spiro atoms. The smallest absolute Gasteiger partial charge is 0.475 e. The second-order valence-corrected chi connectivity index (χ2v) is 6.44. The molecule has 184 valence electrons. The standard InChI is InChI=1S/C20H15NO7.C2HF3O2/c21-10-11-3-1-5-13(9-11)15(22)8-7-12-4-2-6-14(17(23)19(25)26)16(12)18(24)20(27)28;3-2(4,5)1(6)7/h1-9H,10,21H2,(H,25,26)(H,27,28);(H,6,7). The molecule has 2 aromatic carbocycles. The lowest BCUT2D eigenvalue weighted by atomic mass is 9.94. The Morgan fingerprint density at radius 3 is 1.89 bits per heavy atom. The van der Waals surface area contributed by atoms with Gasteiger partial charge < -0.3 is 21.1 Å². The van der Waals surface area contributed by atoms with Gasteiger partial charge in [0.1, 0.15) is 0 Å². The van der Waals surface area contributed by atoms with Gasteiger partial charge in [0.15, 0.2) is 5.78 Å². The maximum absolute atomic E-state index is 12.3. The molecular weight excluding hydrogens is 479 g/mol. The first-order valence-electron chi connectivity index (χ1n) is 9.20. The zero-order chi connectivity index (χ0) is 26.9. The molecule has 0 aliphatic heterocycles. The highest BCUT2D eigenvalue weighted by Crippen LogP contribution is 2.19. The van der Waals surface area contributed by atoms with Gasteiger partial charge in [-0.3, -0.25) is 14.4 Å². The number of aliphatic carboxylic acids is 3. The van der Waals surface area contributed by atoms with Crippen molar-refractivity contribution < 1.29 is 57.3 Å². The second kappa shape index (κ2) is 12.0. The summed E-state index contributed by atoms with van der Waals surface area (Å²) in [6.45, 7) is 0.238. The summed E-state index contributed by atoms with van der Waals surface area (Å²) in [7, 11) is 0. The highest BCUT2D eigenvalue weighted by atomic mass is 19.4. The van der Waals surface area contributed by atoms with E-state index in [9.17, 15) is 37.1 Å². The van der Waals surface area contributed by atoms with Gasteiger partial charge in [-0.1, -0.05) is 36.4 Å². The van der Waals surface area contributed by atoms with Gasteiger partial charge >= 0.3 is 24.1 Å². The Bertz CT molecular complexity index is 1220. The zero-order valence-electron chi connectivity index (χ0n) is 17.4. The van der Waals surface area contributed by atoms with Crippen LogP contribution in [0.3, 0.4) is 0 Å². The minimum atomic E-state index is -5.08. The van der Waals surface area contributed by atoms with Crippen LogP contribution in [-0.2, 0) is 20.9 Å². The van der Waals surface area contributed by atoms with E-state index in [4.69, 9.17) is 25.8 Å². The van der Waals surface area contributed by atoms with E-state index in [1.54, 1.807) is 24.3 Å². The summed E-state index contributed by atoms with van der Waals surface area (Å²) >= 11 is 0. The third kappa shape index (κ3) is 8.01. The van der Waals surface area contributed by atoms with Crippen molar-refractivity contribution in [3.63, 3.8) is 0 Å². The van der Waals surface area contributed by atoms with Crippen molar-refractivity contribution in [3.05, 3.63) is 76.4 Å². The summed E-state index contributed by atoms with van der Waals surface area (Å²) in [6.07, 6.45) is -2.83. The maximum atomic E-state index is 12.3. The Labute approximate surface area is 194 Å². The number of nitrogens with two attached hydrogens (primary N) is 1. The summed E-state index contributed by atoms with van der Waals surface area (Å²) < 4.78 is 31.7. The van der Waals surface area contributed by atoms with Crippen LogP contribution in [-0.4, -0.2) is 56.8 Å². The van der Waals surface area contributed by atoms with E-state index in [-0.39, 0.29) is 12.1 Å². The van der Waals surface area contributed by atoms with Crippen molar-refractivity contribution in [1.82, 2.24) is 0 Å². The van der Waals surface area contributed by atoms with Crippen LogP contribution in [0.15, 0.2) is 48.5 Å². The van der Waals surface area contributed by atoms with Crippen LogP contribution in [0.2, 0.25) is 0 Å². The number of carboxylic acids is 3. The Balaban J connectivity index is 0.000000762. The fourth-order valence-corrected chi connectivity index (χ4v) is 2.49. The molecule has 0 heterocycles. The summed E-state index contributed by atoms with van der Waals surface area (Å²) in [5.41, 5.74) is 5.35. The Morgan fingerprint density at radius 2 is 1.40 bits per heavy atom. The second-order valence-electron chi connectivity index (χ2n) is 6.44. The molecule has 35 heavy (non-hydrogen) atoms. The number of halogens is 3. The first kappa shape index (κ1) is 28.4. The molecule has 2 rings (SSSR count). The number of carbonyl (C=O) groups is 6. The molecule has 0 aliphatic rings. The van der Waals surface area contributed by atoms with Crippen LogP contribution in [0.1, 0.15) is 42.2 Å². The predicted octanol–water partition coefficient (Wildman–Crippen LogP) is 2.21. The van der Waals surface area contributed by atoms with Crippen LogP contribution < -0.4 is 5.73 Å². The molecule has 2 aromatic rings.